The van der Waals surface area contributed by atoms with Gasteiger partial charge < -0.3 is 0 Å². The van der Waals surface area contributed by atoms with Crippen molar-refractivity contribution >= 4 is 34.8 Å². The Morgan fingerprint density at radius 3 is 1.44 bits per heavy atom. The maximum absolute atomic E-state index is 11.9. The highest BCUT2D eigenvalue weighted by Gasteiger charge is 2.32. The molecule has 0 aromatic rings. The van der Waals surface area contributed by atoms with E-state index in [9.17, 15) is 9.59 Å². The fraction of sp³-hybridized carbons (Fsp3) is 0.500. The molecule has 2 rings (SSSR count). The molecule has 0 fully saturated rings. The molecule has 2 nitrogen and oxygen atoms in total. The summed E-state index contributed by atoms with van der Waals surface area (Å²) in [5, 5.41) is -0.211. The van der Waals surface area contributed by atoms with Crippen LogP contribution in [0.1, 0.15) is 38.5 Å². The summed E-state index contributed by atoms with van der Waals surface area (Å²) < 4.78 is 0. The molecule has 0 atom stereocenters. The molecule has 0 saturated carbocycles. The summed E-state index contributed by atoms with van der Waals surface area (Å²) in [5.74, 6) is -0.494. The van der Waals surface area contributed by atoms with Crippen molar-refractivity contribution in [1.82, 2.24) is 0 Å². The number of hydrogen-bond acceptors (Lipinski definition) is 2. The van der Waals surface area contributed by atoms with Gasteiger partial charge in [0.1, 0.15) is 10.1 Å². The van der Waals surface area contributed by atoms with Crippen molar-refractivity contribution < 1.29 is 9.59 Å². The van der Waals surface area contributed by atoms with Crippen molar-refractivity contribution in [3.63, 3.8) is 0 Å². The lowest BCUT2D eigenvalue weighted by Crippen LogP contribution is -2.21. The topological polar surface area (TPSA) is 34.1 Å². The molecule has 0 unspecified atom stereocenters. The van der Waals surface area contributed by atoms with E-state index in [1.54, 1.807) is 0 Å². The number of halogens is 2. The fourth-order valence-electron chi connectivity index (χ4n) is 2.22. The van der Waals surface area contributed by atoms with E-state index in [1.165, 1.54) is 0 Å². The summed E-state index contributed by atoms with van der Waals surface area (Å²) >= 11 is 11.5. The largest absolute Gasteiger partial charge is 0.288 e. The van der Waals surface area contributed by atoms with E-state index in [4.69, 9.17) is 23.2 Å². The number of hydrogen-bond donors (Lipinski definition) is 0. The van der Waals surface area contributed by atoms with Crippen LogP contribution in [0.3, 0.4) is 0 Å². The van der Waals surface area contributed by atoms with Crippen molar-refractivity contribution in [2.75, 3.05) is 0 Å². The van der Waals surface area contributed by atoms with Crippen molar-refractivity contribution in [2.24, 2.45) is 0 Å². The lowest BCUT2D eigenvalue weighted by atomic mass is 9.85. The van der Waals surface area contributed by atoms with E-state index in [0.717, 1.165) is 25.7 Å². The molecule has 4 heteroatoms. The molecule has 0 saturated heterocycles. The zero-order chi connectivity index (χ0) is 11.7. The number of allylic oxidation sites excluding steroid dienone is 4. The van der Waals surface area contributed by atoms with Gasteiger partial charge in [0.2, 0.25) is 11.6 Å². The van der Waals surface area contributed by atoms with Gasteiger partial charge in [-0.25, -0.2) is 0 Å². The first-order valence-corrected chi connectivity index (χ1v) is 6.25. The Bertz CT molecular complexity index is 381. The summed E-state index contributed by atoms with van der Waals surface area (Å²) in [6.45, 7) is 0. The van der Waals surface area contributed by atoms with Crippen LogP contribution < -0.4 is 0 Å². The van der Waals surface area contributed by atoms with E-state index in [2.05, 4.69) is 0 Å². The zero-order valence-electron chi connectivity index (χ0n) is 8.82. The average Bonchev–Trinajstić information content (AvgIpc) is 2.24. The molecule has 16 heavy (non-hydrogen) atoms. The Labute approximate surface area is 104 Å². The lowest BCUT2D eigenvalue weighted by molar-refractivity contribution is -0.116. The predicted molar refractivity (Wildman–Crippen MR) is 63.5 cm³/mol. The van der Waals surface area contributed by atoms with Gasteiger partial charge in [0.05, 0.1) is 0 Å². The second kappa shape index (κ2) is 4.72. The highest BCUT2D eigenvalue weighted by molar-refractivity contribution is 6.58. The van der Waals surface area contributed by atoms with Crippen LogP contribution in [0.15, 0.2) is 21.2 Å². The van der Waals surface area contributed by atoms with E-state index in [1.807, 2.05) is 0 Å². The minimum Gasteiger partial charge on any atom is -0.288 e. The second-order valence-corrected chi connectivity index (χ2v) is 4.91. The van der Waals surface area contributed by atoms with Gasteiger partial charge in [0.25, 0.3) is 0 Å². The van der Waals surface area contributed by atoms with Crippen LogP contribution in [-0.2, 0) is 9.59 Å². The Kier molecular flexibility index (Phi) is 3.50. The molecule has 2 aliphatic rings. The van der Waals surface area contributed by atoms with Gasteiger partial charge in [-0.2, -0.15) is 0 Å². The highest BCUT2D eigenvalue weighted by Crippen LogP contribution is 2.35. The third kappa shape index (κ3) is 1.96. The molecule has 0 N–H and O–H groups in total. The highest BCUT2D eigenvalue weighted by atomic mass is 35.5. The first-order chi connectivity index (χ1) is 7.63. The lowest BCUT2D eigenvalue weighted by Gasteiger charge is -2.20. The first kappa shape index (κ1) is 11.9. The summed E-state index contributed by atoms with van der Waals surface area (Å²) in [7, 11) is 0. The van der Waals surface area contributed by atoms with Crippen LogP contribution >= 0.6 is 23.2 Å². The number of rotatable bonds is 0. The monoisotopic (exact) mass is 258 g/mol. The van der Waals surface area contributed by atoms with Crippen LogP contribution in [0.4, 0.5) is 0 Å². The predicted octanol–water partition coefficient (Wildman–Crippen LogP) is 3.48. The van der Waals surface area contributed by atoms with Crippen LogP contribution in [0.2, 0.25) is 0 Å². The van der Waals surface area contributed by atoms with Crippen molar-refractivity contribution in [3.05, 3.63) is 21.2 Å². The Morgan fingerprint density at radius 1 is 0.688 bits per heavy atom. The minimum absolute atomic E-state index is 0.106. The summed E-state index contributed by atoms with van der Waals surface area (Å²) in [6.07, 6.45) is 5.40. The molecule has 0 bridgehead atoms. The standard InChI is InChI=1S/C12H12Cl2O2/c13-9-10(14)12(16)8-6-4-2-1-3-5-7(8)11(9)15/h1-6H2. The van der Waals surface area contributed by atoms with Crippen LogP contribution in [0.25, 0.3) is 0 Å². The van der Waals surface area contributed by atoms with E-state index >= 15 is 0 Å². The van der Waals surface area contributed by atoms with Gasteiger partial charge in [-0.3, -0.25) is 9.59 Å². The van der Waals surface area contributed by atoms with Crippen molar-refractivity contribution in [3.8, 4) is 0 Å². The fourth-order valence-corrected chi connectivity index (χ4v) is 2.62. The smallest absolute Gasteiger partial charge is 0.202 e. The van der Waals surface area contributed by atoms with Crippen LogP contribution in [0.5, 0.6) is 0 Å². The average molecular weight is 259 g/mol. The Hall–Kier alpha value is -0.600. The van der Waals surface area contributed by atoms with Gasteiger partial charge in [0, 0.05) is 11.1 Å². The number of carbonyl (C=O) groups is 2. The molecular weight excluding hydrogens is 247 g/mol. The van der Waals surface area contributed by atoms with E-state index < -0.39 is 0 Å². The molecular formula is C12H12Cl2O2. The Morgan fingerprint density at radius 2 is 1.06 bits per heavy atom. The third-order valence-corrected chi connectivity index (χ3v) is 3.93. The molecule has 0 spiro atoms. The normalized spacial score (nSPS) is 23.1. The van der Waals surface area contributed by atoms with Crippen molar-refractivity contribution in [1.29, 1.82) is 0 Å². The van der Waals surface area contributed by atoms with Crippen LogP contribution in [-0.4, -0.2) is 11.6 Å². The van der Waals surface area contributed by atoms with E-state index in [0.29, 0.717) is 24.0 Å². The summed E-state index contributed by atoms with van der Waals surface area (Å²) in [5.41, 5.74) is 1.19. The molecule has 2 aliphatic carbocycles. The molecule has 0 amide bonds. The maximum Gasteiger partial charge on any atom is 0.202 e. The quantitative estimate of drug-likeness (QED) is 0.624. The second-order valence-electron chi connectivity index (χ2n) is 4.16. The van der Waals surface area contributed by atoms with Gasteiger partial charge >= 0.3 is 0 Å². The van der Waals surface area contributed by atoms with Gasteiger partial charge in [-0.05, 0) is 25.7 Å². The van der Waals surface area contributed by atoms with E-state index in [-0.39, 0.29) is 21.6 Å². The molecule has 0 heterocycles. The van der Waals surface area contributed by atoms with Crippen molar-refractivity contribution in [2.45, 2.75) is 38.5 Å². The van der Waals surface area contributed by atoms with Gasteiger partial charge in [-0.1, -0.05) is 36.0 Å². The SMILES string of the molecule is O=C1C(Cl)=C(Cl)C(=O)C2=C1CCCCCC2. The van der Waals surface area contributed by atoms with Gasteiger partial charge in [0.15, 0.2) is 0 Å². The summed E-state index contributed by atoms with van der Waals surface area (Å²) in [6, 6.07) is 0. The molecule has 0 radical (unpaired) electrons. The van der Waals surface area contributed by atoms with Crippen LogP contribution in [0, 0.1) is 0 Å². The molecule has 0 aromatic carbocycles. The summed E-state index contributed by atoms with van der Waals surface area (Å²) in [4.78, 5) is 23.8. The maximum atomic E-state index is 11.9. The Balaban J connectivity index is 2.43. The van der Waals surface area contributed by atoms with Gasteiger partial charge in [-0.15, -0.1) is 0 Å². The molecule has 0 aliphatic heterocycles. The third-order valence-electron chi connectivity index (χ3n) is 3.11. The minimum atomic E-state index is -0.247. The molecule has 86 valence electrons. The zero-order valence-corrected chi connectivity index (χ0v) is 10.3. The first-order valence-electron chi connectivity index (χ1n) is 5.49. The number of carbonyl (C=O) groups excluding carboxylic acids is 2. The molecule has 0 aromatic heterocycles. The number of ketones is 2. The number of Topliss-reactive ketones (excluding diaryl/α,β-unsaturated/α-hetero) is 2.